The van der Waals surface area contributed by atoms with Gasteiger partial charge in [0.2, 0.25) is 5.90 Å². The van der Waals surface area contributed by atoms with Crippen molar-refractivity contribution >= 4 is 17.9 Å². The zero-order valence-corrected chi connectivity index (χ0v) is 16.7. The smallest absolute Gasteiger partial charge is 0.316 e. The summed E-state index contributed by atoms with van der Waals surface area (Å²) in [5.74, 6) is 0.213. The predicted molar refractivity (Wildman–Crippen MR) is 124 cm³/mol. The Hall–Kier alpha value is -4.24. The summed E-state index contributed by atoms with van der Waals surface area (Å²) in [6.45, 7) is 0. The van der Waals surface area contributed by atoms with Gasteiger partial charge in [-0.05, 0) is 46.0 Å². The molecule has 148 valence electrons. The summed E-state index contributed by atoms with van der Waals surface area (Å²) in [5, 5.41) is 0. The first kappa shape index (κ1) is 18.8. The van der Waals surface area contributed by atoms with Gasteiger partial charge in [0.25, 0.3) is 0 Å². The van der Waals surface area contributed by atoms with Crippen LogP contribution in [0, 0.1) is 0 Å². The second kappa shape index (κ2) is 8.25. The van der Waals surface area contributed by atoms with E-state index >= 15 is 0 Å². The average molecular weight is 401 g/mol. The molecule has 0 fully saturated rings. The number of hydrogen-bond acceptors (Lipinski definition) is 2. The van der Waals surface area contributed by atoms with E-state index in [1.54, 1.807) is 6.08 Å². The number of amides is 1. The van der Waals surface area contributed by atoms with E-state index in [1.165, 1.54) is 11.1 Å². The lowest BCUT2D eigenvalue weighted by atomic mass is 9.99. The van der Waals surface area contributed by atoms with Crippen LogP contribution in [-0.2, 0) is 9.53 Å². The first-order valence-electron chi connectivity index (χ1n) is 10.1. The van der Waals surface area contributed by atoms with E-state index in [4.69, 9.17) is 4.74 Å². The quantitative estimate of drug-likeness (QED) is 0.373. The SMILES string of the molecule is O=C1N=C(c2ccccc2)O/C1=C\c1ccc(-c2ccc(-c3ccccc3)cc2)cc1. The molecule has 0 aromatic heterocycles. The molecule has 1 heterocycles. The number of rotatable bonds is 4. The van der Waals surface area contributed by atoms with Gasteiger partial charge < -0.3 is 4.74 Å². The maximum absolute atomic E-state index is 12.2. The molecule has 0 saturated carbocycles. The molecule has 0 unspecified atom stereocenters. The van der Waals surface area contributed by atoms with Crippen LogP contribution in [0.5, 0.6) is 0 Å². The van der Waals surface area contributed by atoms with Gasteiger partial charge in [-0.3, -0.25) is 4.79 Å². The molecule has 4 aromatic rings. The fourth-order valence-electron chi connectivity index (χ4n) is 3.52. The largest absolute Gasteiger partial charge is 0.432 e. The highest BCUT2D eigenvalue weighted by Gasteiger charge is 2.23. The van der Waals surface area contributed by atoms with Crippen molar-refractivity contribution < 1.29 is 9.53 Å². The monoisotopic (exact) mass is 401 g/mol. The third-order valence-electron chi connectivity index (χ3n) is 5.18. The summed E-state index contributed by atoms with van der Waals surface area (Å²) in [5.41, 5.74) is 6.32. The van der Waals surface area contributed by atoms with E-state index in [2.05, 4.69) is 41.4 Å². The second-order valence-corrected chi connectivity index (χ2v) is 7.26. The van der Waals surface area contributed by atoms with Gasteiger partial charge in [0.15, 0.2) is 5.76 Å². The molecule has 3 heteroatoms. The topological polar surface area (TPSA) is 38.7 Å². The minimum atomic E-state index is -0.362. The molecule has 0 saturated heterocycles. The van der Waals surface area contributed by atoms with Crippen LogP contribution < -0.4 is 0 Å². The van der Waals surface area contributed by atoms with Crippen LogP contribution in [0.15, 0.2) is 120 Å². The van der Waals surface area contributed by atoms with E-state index in [9.17, 15) is 4.79 Å². The van der Waals surface area contributed by atoms with Crippen molar-refractivity contribution in [1.82, 2.24) is 0 Å². The molecular weight excluding hydrogens is 382 g/mol. The highest BCUT2D eigenvalue weighted by Crippen LogP contribution is 2.26. The van der Waals surface area contributed by atoms with Crippen molar-refractivity contribution in [2.45, 2.75) is 0 Å². The van der Waals surface area contributed by atoms with Gasteiger partial charge in [-0.2, -0.15) is 4.99 Å². The molecule has 0 spiro atoms. The van der Waals surface area contributed by atoms with Crippen molar-refractivity contribution in [2.75, 3.05) is 0 Å². The second-order valence-electron chi connectivity index (χ2n) is 7.26. The predicted octanol–water partition coefficient (Wildman–Crippen LogP) is 6.37. The van der Waals surface area contributed by atoms with Gasteiger partial charge in [0.1, 0.15) is 0 Å². The minimum Gasteiger partial charge on any atom is -0.432 e. The van der Waals surface area contributed by atoms with Gasteiger partial charge in [-0.1, -0.05) is 97.1 Å². The van der Waals surface area contributed by atoms with Crippen LogP contribution in [0.4, 0.5) is 0 Å². The lowest BCUT2D eigenvalue weighted by Crippen LogP contribution is -1.99. The molecule has 0 atom stereocenters. The molecule has 31 heavy (non-hydrogen) atoms. The maximum Gasteiger partial charge on any atom is 0.316 e. The molecule has 5 rings (SSSR count). The Morgan fingerprint density at radius 2 is 1.00 bits per heavy atom. The van der Waals surface area contributed by atoms with Gasteiger partial charge in [0.05, 0.1) is 0 Å². The van der Waals surface area contributed by atoms with E-state index in [-0.39, 0.29) is 11.7 Å². The first-order valence-corrected chi connectivity index (χ1v) is 10.1. The van der Waals surface area contributed by atoms with E-state index in [0.717, 1.165) is 22.3 Å². The maximum atomic E-state index is 12.2. The van der Waals surface area contributed by atoms with Crippen LogP contribution in [0.1, 0.15) is 11.1 Å². The molecule has 4 aromatic carbocycles. The third kappa shape index (κ3) is 4.07. The Morgan fingerprint density at radius 1 is 0.548 bits per heavy atom. The van der Waals surface area contributed by atoms with Crippen LogP contribution in [-0.4, -0.2) is 11.8 Å². The number of benzene rings is 4. The van der Waals surface area contributed by atoms with Crippen LogP contribution in [0.3, 0.4) is 0 Å². The summed E-state index contributed by atoms with van der Waals surface area (Å²) in [6.07, 6.45) is 1.73. The fraction of sp³-hybridized carbons (Fsp3) is 0. The molecule has 1 aliphatic rings. The summed E-state index contributed by atoms with van der Waals surface area (Å²) < 4.78 is 5.70. The molecule has 1 amide bonds. The Balaban J connectivity index is 1.32. The van der Waals surface area contributed by atoms with Crippen molar-refractivity contribution in [3.8, 4) is 22.3 Å². The number of carbonyl (C=O) groups is 1. The number of hydrogen-bond donors (Lipinski definition) is 0. The molecule has 0 bridgehead atoms. The lowest BCUT2D eigenvalue weighted by molar-refractivity contribution is -0.115. The summed E-state index contributed by atoms with van der Waals surface area (Å²) in [7, 11) is 0. The first-order chi connectivity index (χ1) is 15.3. The Morgan fingerprint density at radius 3 is 1.55 bits per heavy atom. The summed E-state index contributed by atoms with van der Waals surface area (Å²) >= 11 is 0. The van der Waals surface area contributed by atoms with Gasteiger partial charge in [-0.25, -0.2) is 0 Å². The van der Waals surface area contributed by atoms with Crippen molar-refractivity contribution in [1.29, 1.82) is 0 Å². The van der Waals surface area contributed by atoms with Gasteiger partial charge in [-0.15, -0.1) is 0 Å². The van der Waals surface area contributed by atoms with Crippen molar-refractivity contribution in [3.05, 3.63) is 126 Å². The summed E-state index contributed by atoms with van der Waals surface area (Å²) in [6, 6.07) is 36.3. The van der Waals surface area contributed by atoms with E-state index < -0.39 is 0 Å². The average Bonchev–Trinajstić information content (AvgIpc) is 3.21. The third-order valence-corrected chi connectivity index (χ3v) is 5.18. The fourth-order valence-corrected chi connectivity index (χ4v) is 3.52. The van der Waals surface area contributed by atoms with Crippen LogP contribution in [0.2, 0.25) is 0 Å². The Labute approximate surface area is 181 Å². The lowest BCUT2D eigenvalue weighted by Gasteiger charge is -2.06. The summed E-state index contributed by atoms with van der Waals surface area (Å²) in [4.78, 5) is 16.2. The molecular formula is C28H19NO2. The number of aliphatic imine (C=N–C) groups is 1. The minimum absolute atomic E-state index is 0.235. The van der Waals surface area contributed by atoms with E-state index in [0.29, 0.717) is 5.90 Å². The Kier molecular flexibility index (Phi) is 4.99. The normalized spacial score (nSPS) is 14.4. The molecule has 0 aliphatic carbocycles. The zero-order chi connectivity index (χ0) is 21.0. The molecule has 0 radical (unpaired) electrons. The van der Waals surface area contributed by atoms with Crippen molar-refractivity contribution in [3.63, 3.8) is 0 Å². The number of nitrogens with zero attached hydrogens (tertiary/aromatic N) is 1. The van der Waals surface area contributed by atoms with E-state index in [1.807, 2.05) is 72.8 Å². The Bertz CT molecular complexity index is 1270. The van der Waals surface area contributed by atoms with Crippen LogP contribution >= 0.6 is 0 Å². The highest BCUT2D eigenvalue weighted by molar-refractivity contribution is 6.14. The molecule has 3 nitrogen and oxygen atoms in total. The van der Waals surface area contributed by atoms with Crippen LogP contribution in [0.25, 0.3) is 28.3 Å². The number of ether oxygens (including phenoxy) is 1. The standard InChI is InChI=1S/C28H19NO2/c30-27-26(31-28(29-27)25-9-5-2-6-10-25)19-20-11-13-22(14-12-20)24-17-15-23(16-18-24)21-7-3-1-4-8-21/h1-19H/b26-19-. The number of carbonyl (C=O) groups excluding carboxylic acids is 1. The molecule has 0 N–H and O–H groups in total. The molecule has 1 aliphatic heterocycles. The van der Waals surface area contributed by atoms with Crippen molar-refractivity contribution in [2.24, 2.45) is 4.99 Å². The van der Waals surface area contributed by atoms with Gasteiger partial charge >= 0.3 is 5.91 Å². The highest BCUT2D eigenvalue weighted by atomic mass is 16.5. The van der Waals surface area contributed by atoms with Gasteiger partial charge in [0, 0.05) is 5.56 Å². The zero-order valence-electron chi connectivity index (χ0n) is 16.7.